The van der Waals surface area contributed by atoms with Gasteiger partial charge in [0.05, 0.1) is 22.3 Å². The van der Waals surface area contributed by atoms with E-state index in [9.17, 15) is 4.79 Å². The lowest BCUT2D eigenvalue weighted by atomic mass is 10.0. The lowest BCUT2D eigenvalue weighted by Crippen LogP contribution is -2.41. The third-order valence-electron chi connectivity index (χ3n) is 4.11. The number of benzene rings is 1. The highest BCUT2D eigenvalue weighted by molar-refractivity contribution is 6.43. The molecule has 1 aromatic carbocycles. The van der Waals surface area contributed by atoms with Crippen LogP contribution in [0.4, 0.5) is 5.69 Å². The van der Waals surface area contributed by atoms with Crippen LogP contribution in [0.25, 0.3) is 0 Å². The fourth-order valence-electron chi connectivity index (χ4n) is 3.01. The van der Waals surface area contributed by atoms with E-state index in [4.69, 9.17) is 28.9 Å². The lowest BCUT2D eigenvalue weighted by Gasteiger charge is -2.28. The minimum Gasteiger partial charge on any atom is -0.330 e. The molecular formula is C15H21Cl2N3O. The van der Waals surface area contributed by atoms with E-state index in [1.807, 2.05) is 7.05 Å². The Morgan fingerprint density at radius 3 is 2.90 bits per heavy atom. The molecule has 0 spiro atoms. The highest BCUT2D eigenvalue weighted by Gasteiger charge is 2.30. The zero-order chi connectivity index (χ0) is 15.4. The fraction of sp³-hybridized carbons (Fsp3) is 0.533. The van der Waals surface area contributed by atoms with Gasteiger partial charge in [0.25, 0.3) is 0 Å². The van der Waals surface area contributed by atoms with Crippen LogP contribution in [0.3, 0.4) is 0 Å². The van der Waals surface area contributed by atoms with Crippen LogP contribution < -0.4 is 11.1 Å². The van der Waals surface area contributed by atoms with Crippen LogP contribution in [0.15, 0.2) is 18.2 Å². The number of rotatable bonds is 5. The first-order chi connectivity index (χ1) is 10.0. The van der Waals surface area contributed by atoms with Gasteiger partial charge in [-0.1, -0.05) is 35.7 Å². The van der Waals surface area contributed by atoms with Gasteiger partial charge in [-0.2, -0.15) is 0 Å². The number of nitrogens with zero attached hydrogens (tertiary/aromatic N) is 1. The maximum Gasteiger partial charge on any atom is 0.238 e. The topological polar surface area (TPSA) is 58.4 Å². The van der Waals surface area contributed by atoms with Crippen LogP contribution in [0.5, 0.6) is 0 Å². The maximum atomic E-state index is 12.2. The summed E-state index contributed by atoms with van der Waals surface area (Å²) < 4.78 is 0. The van der Waals surface area contributed by atoms with Crippen molar-refractivity contribution in [1.82, 2.24) is 4.90 Å². The first-order valence-electron chi connectivity index (χ1n) is 7.17. The Morgan fingerprint density at radius 1 is 1.43 bits per heavy atom. The molecule has 0 aliphatic heterocycles. The molecule has 0 aromatic heterocycles. The predicted molar refractivity (Wildman–Crippen MR) is 87.9 cm³/mol. The summed E-state index contributed by atoms with van der Waals surface area (Å²) in [6.07, 6.45) is 3.43. The predicted octanol–water partition coefficient (Wildman–Crippen LogP) is 2.99. The van der Waals surface area contributed by atoms with Crippen LogP contribution in [0.2, 0.25) is 10.0 Å². The second-order valence-corrected chi connectivity index (χ2v) is 6.34. The summed E-state index contributed by atoms with van der Waals surface area (Å²) in [5.74, 6) is 0.391. The average Bonchev–Trinajstić information content (AvgIpc) is 2.92. The van der Waals surface area contributed by atoms with Crippen LogP contribution in [-0.4, -0.2) is 37.0 Å². The molecule has 0 radical (unpaired) electrons. The second kappa shape index (κ2) is 7.45. The molecule has 2 rings (SSSR count). The number of amides is 1. The summed E-state index contributed by atoms with van der Waals surface area (Å²) in [4.78, 5) is 14.2. The molecule has 2 atom stereocenters. The molecule has 1 aromatic rings. The third-order valence-corrected chi connectivity index (χ3v) is 4.93. The summed E-state index contributed by atoms with van der Waals surface area (Å²) in [6.45, 7) is 1.00. The van der Waals surface area contributed by atoms with Crippen LogP contribution >= 0.6 is 23.2 Å². The van der Waals surface area contributed by atoms with E-state index in [1.165, 1.54) is 6.42 Å². The highest BCUT2D eigenvalue weighted by atomic mass is 35.5. The van der Waals surface area contributed by atoms with Crippen molar-refractivity contribution in [3.63, 3.8) is 0 Å². The van der Waals surface area contributed by atoms with Crippen molar-refractivity contribution in [2.24, 2.45) is 11.7 Å². The zero-order valence-corrected chi connectivity index (χ0v) is 13.6. The molecular weight excluding hydrogens is 309 g/mol. The van der Waals surface area contributed by atoms with E-state index in [1.54, 1.807) is 18.2 Å². The molecule has 1 amide bonds. The normalized spacial score (nSPS) is 21.8. The summed E-state index contributed by atoms with van der Waals surface area (Å²) in [5, 5.41) is 3.61. The van der Waals surface area contributed by atoms with Crippen LogP contribution in [0, 0.1) is 5.92 Å². The van der Waals surface area contributed by atoms with E-state index in [-0.39, 0.29) is 5.91 Å². The Kier molecular flexibility index (Phi) is 5.88. The first-order valence-corrected chi connectivity index (χ1v) is 7.92. The Hall–Kier alpha value is -0.810. The first kappa shape index (κ1) is 16.6. The number of nitrogens with one attached hydrogen (secondary N) is 1. The minimum atomic E-state index is -0.0932. The summed E-state index contributed by atoms with van der Waals surface area (Å²) in [5.41, 5.74) is 6.34. The number of hydrogen-bond acceptors (Lipinski definition) is 3. The van der Waals surface area contributed by atoms with E-state index >= 15 is 0 Å². The summed E-state index contributed by atoms with van der Waals surface area (Å²) in [6, 6.07) is 5.57. The number of carbonyl (C=O) groups excluding carboxylic acids is 1. The van der Waals surface area contributed by atoms with Crippen molar-refractivity contribution in [3.05, 3.63) is 28.2 Å². The summed E-state index contributed by atoms with van der Waals surface area (Å²) in [7, 11) is 1.97. The van der Waals surface area contributed by atoms with Crippen molar-refractivity contribution in [1.29, 1.82) is 0 Å². The van der Waals surface area contributed by atoms with E-state index in [2.05, 4.69) is 10.2 Å². The Balaban J connectivity index is 1.94. The van der Waals surface area contributed by atoms with E-state index in [0.29, 0.717) is 40.8 Å². The zero-order valence-electron chi connectivity index (χ0n) is 12.1. The van der Waals surface area contributed by atoms with Crippen LogP contribution in [-0.2, 0) is 4.79 Å². The molecule has 1 saturated carbocycles. The smallest absolute Gasteiger partial charge is 0.238 e. The minimum absolute atomic E-state index is 0.0932. The van der Waals surface area contributed by atoms with Crippen molar-refractivity contribution >= 4 is 34.8 Å². The van der Waals surface area contributed by atoms with Crippen molar-refractivity contribution < 1.29 is 4.79 Å². The number of nitrogens with two attached hydrogens (primary N) is 1. The van der Waals surface area contributed by atoms with Crippen molar-refractivity contribution in [2.45, 2.75) is 25.3 Å². The lowest BCUT2D eigenvalue weighted by molar-refractivity contribution is -0.117. The molecule has 0 bridgehead atoms. The largest absolute Gasteiger partial charge is 0.330 e. The highest BCUT2D eigenvalue weighted by Crippen LogP contribution is 2.30. The molecule has 116 valence electrons. The number of anilines is 1. The molecule has 6 heteroatoms. The molecule has 0 heterocycles. The van der Waals surface area contributed by atoms with Gasteiger partial charge in [0, 0.05) is 6.04 Å². The fourth-order valence-corrected chi connectivity index (χ4v) is 3.35. The van der Waals surface area contributed by atoms with Gasteiger partial charge < -0.3 is 11.1 Å². The Morgan fingerprint density at radius 2 is 2.19 bits per heavy atom. The summed E-state index contributed by atoms with van der Waals surface area (Å²) >= 11 is 12.0. The SMILES string of the molecule is CN(CC(=O)Nc1cccc(Cl)c1Cl)C1CCCC1CN. The van der Waals surface area contributed by atoms with Gasteiger partial charge in [-0.25, -0.2) is 0 Å². The van der Waals surface area contributed by atoms with Gasteiger partial charge in [-0.05, 0) is 44.5 Å². The van der Waals surface area contributed by atoms with Crippen molar-refractivity contribution in [2.75, 3.05) is 25.5 Å². The number of hydrogen-bond donors (Lipinski definition) is 2. The maximum absolute atomic E-state index is 12.2. The molecule has 1 aliphatic carbocycles. The number of carbonyl (C=O) groups is 1. The molecule has 1 fully saturated rings. The van der Waals surface area contributed by atoms with Gasteiger partial charge >= 0.3 is 0 Å². The van der Waals surface area contributed by atoms with Gasteiger partial charge in [0.1, 0.15) is 0 Å². The molecule has 3 N–H and O–H groups in total. The van der Waals surface area contributed by atoms with Gasteiger partial charge in [0.15, 0.2) is 0 Å². The van der Waals surface area contributed by atoms with E-state index < -0.39 is 0 Å². The third kappa shape index (κ3) is 4.10. The molecule has 21 heavy (non-hydrogen) atoms. The van der Waals surface area contributed by atoms with Gasteiger partial charge in [-0.15, -0.1) is 0 Å². The monoisotopic (exact) mass is 329 g/mol. The quantitative estimate of drug-likeness (QED) is 0.873. The standard InChI is InChI=1S/C15H21Cl2N3O/c1-20(13-7-2-4-10(13)8-18)9-14(21)19-12-6-3-5-11(16)15(12)17/h3,5-6,10,13H,2,4,7-9,18H2,1H3,(H,19,21). The molecule has 2 unspecified atom stereocenters. The van der Waals surface area contributed by atoms with E-state index in [0.717, 1.165) is 12.8 Å². The number of halogens is 2. The molecule has 4 nitrogen and oxygen atoms in total. The van der Waals surface area contributed by atoms with Crippen molar-refractivity contribution in [3.8, 4) is 0 Å². The van der Waals surface area contributed by atoms with Gasteiger partial charge in [0.2, 0.25) is 5.91 Å². The molecule has 1 aliphatic rings. The van der Waals surface area contributed by atoms with Crippen LogP contribution in [0.1, 0.15) is 19.3 Å². The average molecular weight is 330 g/mol. The Bertz CT molecular complexity index is 510. The number of likely N-dealkylation sites (N-methyl/N-ethyl adjacent to an activating group) is 1. The van der Waals surface area contributed by atoms with Gasteiger partial charge in [-0.3, -0.25) is 9.69 Å². The Labute approximate surface area is 135 Å². The second-order valence-electron chi connectivity index (χ2n) is 5.56. The molecule has 0 saturated heterocycles.